The number of pyridine rings is 1. The van der Waals surface area contributed by atoms with Gasteiger partial charge in [0.25, 0.3) is 12.4 Å². The number of carbonyl (C=O) groups excluding carboxylic acids is 1. The van der Waals surface area contributed by atoms with Crippen molar-refractivity contribution < 1.29 is 29.7 Å². The van der Waals surface area contributed by atoms with Crippen LogP contribution in [0.3, 0.4) is 0 Å². The number of aromatic nitrogens is 3. The molecule has 0 aliphatic carbocycles. The average Bonchev–Trinajstić information content (AvgIpc) is 3.03. The number of nitrogens with zero attached hydrogens (tertiary/aromatic N) is 3. The summed E-state index contributed by atoms with van der Waals surface area (Å²) >= 11 is 0. The van der Waals surface area contributed by atoms with Crippen LogP contribution in [0, 0.1) is 12.8 Å². The molecule has 2 aromatic rings. The molecule has 1 amide bonds. The van der Waals surface area contributed by atoms with Crippen LogP contribution in [0.5, 0.6) is 5.75 Å². The number of amides is 1. The molecule has 10 heteroatoms. The van der Waals surface area contributed by atoms with Gasteiger partial charge in [0.15, 0.2) is 5.69 Å². The van der Waals surface area contributed by atoms with Gasteiger partial charge in [0.1, 0.15) is 12.3 Å². The summed E-state index contributed by atoms with van der Waals surface area (Å²) in [5.74, 6) is -1.73. The maximum atomic E-state index is 11.9. The second-order valence-electron chi connectivity index (χ2n) is 6.02. The summed E-state index contributed by atoms with van der Waals surface area (Å²) in [6.07, 6.45) is 5.01. The molecule has 0 unspecified atom stereocenters. The number of rotatable bonds is 6. The van der Waals surface area contributed by atoms with Gasteiger partial charge in [0.2, 0.25) is 0 Å². The minimum absolute atomic E-state index is 0.202. The first-order chi connectivity index (χ1) is 12.7. The van der Waals surface area contributed by atoms with Crippen LogP contribution < -0.4 is 5.32 Å². The third-order valence-corrected chi connectivity index (χ3v) is 3.42. The summed E-state index contributed by atoms with van der Waals surface area (Å²) in [4.78, 5) is 34.7. The first kappa shape index (κ1) is 21.6. The first-order valence-electron chi connectivity index (χ1n) is 8.00. The third-order valence-electron chi connectivity index (χ3n) is 3.42. The Kier molecular flexibility index (Phi) is 7.92. The smallest absolute Gasteiger partial charge is 0.322 e. The largest absolute Gasteiger partial charge is 0.505 e. The summed E-state index contributed by atoms with van der Waals surface area (Å²) in [6.45, 7) is 5.83. The number of hydrogen-bond donors (Lipinski definition) is 4. The molecule has 2 rings (SSSR count). The van der Waals surface area contributed by atoms with Crippen LogP contribution in [0.2, 0.25) is 0 Å². The number of aromatic hydroxyl groups is 1. The lowest BCUT2D eigenvalue weighted by atomic mass is 10.0. The van der Waals surface area contributed by atoms with Gasteiger partial charge in [-0.2, -0.15) is 5.10 Å². The molecule has 27 heavy (non-hydrogen) atoms. The van der Waals surface area contributed by atoms with Crippen molar-refractivity contribution in [2.24, 2.45) is 5.92 Å². The highest BCUT2D eigenvalue weighted by atomic mass is 16.4. The normalized spacial score (nSPS) is 10.1. The lowest BCUT2D eigenvalue weighted by Crippen LogP contribution is -2.30. The molecular weight excluding hydrogens is 356 g/mol. The van der Waals surface area contributed by atoms with E-state index >= 15 is 0 Å². The third kappa shape index (κ3) is 6.10. The Labute approximate surface area is 155 Å². The molecule has 0 spiro atoms. The van der Waals surface area contributed by atoms with E-state index in [0.717, 1.165) is 12.1 Å². The van der Waals surface area contributed by atoms with E-state index in [1.165, 1.54) is 6.20 Å². The average molecular weight is 378 g/mol. The fourth-order valence-electron chi connectivity index (χ4n) is 2.27. The van der Waals surface area contributed by atoms with Gasteiger partial charge in [-0.3, -0.25) is 19.1 Å². The van der Waals surface area contributed by atoms with Gasteiger partial charge in [-0.1, -0.05) is 13.8 Å². The lowest BCUT2D eigenvalue weighted by molar-refractivity contribution is -0.135. The van der Waals surface area contributed by atoms with Crippen LogP contribution in [0.15, 0.2) is 18.6 Å². The Balaban J connectivity index is 0.00000114. The molecule has 0 aliphatic rings. The molecule has 0 saturated carbocycles. The predicted molar refractivity (Wildman–Crippen MR) is 95.4 cm³/mol. The predicted octanol–water partition coefficient (Wildman–Crippen LogP) is 1.13. The van der Waals surface area contributed by atoms with E-state index in [9.17, 15) is 14.7 Å². The standard InChI is InChI=1S/C16H20N4O4.CH2O2/c1-9(2)7-20-8-11(4-19-20)12-5-17-14(15(23)10(12)3)16(24)18-6-13(21)22;2-1-3/h4-5,8-9,23H,6-7H2,1-3H3,(H,18,24)(H,21,22);1H,(H,2,3). The zero-order valence-electron chi connectivity index (χ0n) is 15.2. The van der Waals surface area contributed by atoms with Crippen molar-refractivity contribution >= 4 is 18.3 Å². The molecule has 0 atom stereocenters. The summed E-state index contributed by atoms with van der Waals surface area (Å²) in [6, 6.07) is 0. The van der Waals surface area contributed by atoms with Crippen molar-refractivity contribution in [2.45, 2.75) is 27.3 Å². The molecule has 0 bridgehead atoms. The quantitative estimate of drug-likeness (QED) is 0.545. The Morgan fingerprint density at radius 1 is 1.33 bits per heavy atom. The van der Waals surface area contributed by atoms with Crippen molar-refractivity contribution in [3.05, 3.63) is 29.8 Å². The number of nitrogens with one attached hydrogen (secondary N) is 1. The molecule has 2 aromatic heterocycles. The number of carbonyl (C=O) groups is 3. The molecule has 0 aromatic carbocycles. The summed E-state index contributed by atoms with van der Waals surface area (Å²) in [7, 11) is 0. The Bertz CT molecular complexity index is 816. The van der Waals surface area contributed by atoms with Gasteiger partial charge in [-0.05, 0) is 12.8 Å². The Hall–Kier alpha value is -3.43. The van der Waals surface area contributed by atoms with Gasteiger partial charge >= 0.3 is 5.97 Å². The van der Waals surface area contributed by atoms with E-state index in [1.807, 2.05) is 10.9 Å². The monoisotopic (exact) mass is 378 g/mol. The molecule has 0 radical (unpaired) electrons. The minimum Gasteiger partial charge on any atom is -0.505 e. The van der Waals surface area contributed by atoms with Crippen LogP contribution in [-0.2, 0) is 16.1 Å². The molecule has 0 saturated heterocycles. The number of carboxylic acids is 1. The van der Waals surface area contributed by atoms with Crippen LogP contribution in [0.25, 0.3) is 11.1 Å². The van der Waals surface area contributed by atoms with Gasteiger partial charge < -0.3 is 20.6 Å². The van der Waals surface area contributed by atoms with E-state index in [0.29, 0.717) is 17.0 Å². The Morgan fingerprint density at radius 3 is 2.52 bits per heavy atom. The summed E-state index contributed by atoms with van der Waals surface area (Å²) in [5, 5.41) is 32.1. The zero-order chi connectivity index (χ0) is 20.6. The van der Waals surface area contributed by atoms with Crippen LogP contribution in [-0.4, -0.2) is 55.0 Å². The van der Waals surface area contributed by atoms with E-state index in [1.54, 1.807) is 13.1 Å². The highest BCUT2D eigenvalue weighted by Crippen LogP contribution is 2.30. The van der Waals surface area contributed by atoms with Crippen LogP contribution in [0.4, 0.5) is 0 Å². The zero-order valence-corrected chi connectivity index (χ0v) is 15.2. The summed E-state index contributed by atoms with van der Waals surface area (Å²) in [5.41, 5.74) is 1.73. The van der Waals surface area contributed by atoms with E-state index in [-0.39, 0.29) is 17.9 Å². The SMILES string of the molecule is Cc1c(-c2cnn(CC(C)C)c2)cnc(C(=O)NCC(=O)O)c1O.O=CO. The van der Waals surface area contributed by atoms with Gasteiger partial charge in [-0.25, -0.2) is 4.98 Å². The fourth-order valence-corrected chi connectivity index (χ4v) is 2.27. The highest BCUT2D eigenvalue weighted by molar-refractivity contribution is 5.97. The molecular formula is C17H22N4O6. The maximum absolute atomic E-state index is 11.9. The van der Waals surface area contributed by atoms with Crippen molar-refractivity contribution in [3.63, 3.8) is 0 Å². The minimum atomic E-state index is -1.17. The fraction of sp³-hybridized carbons (Fsp3) is 0.353. The van der Waals surface area contributed by atoms with E-state index in [2.05, 4.69) is 29.2 Å². The lowest BCUT2D eigenvalue weighted by Gasteiger charge is -2.10. The van der Waals surface area contributed by atoms with Crippen LogP contribution >= 0.6 is 0 Å². The van der Waals surface area contributed by atoms with Crippen LogP contribution in [0.1, 0.15) is 29.9 Å². The molecule has 4 N–H and O–H groups in total. The molecule has 2 heterocycles. The van der Waals surface area contributed by atoms with Crippen molar-refractivity contribution in [2.75, 3.05) is 6.54 Å². The van der Waals surface area contributed by atoms with Gasteiger partial charge in [0, 0.05) is 35.6 Å². The number of aliphatic carboxylic acids is 1. The summed E-state index contributed by atoms with van der Waals surface area (Å²) < 4.78 is 1.81. The molecule has 146 valence electrons. The maximum Gasteiger partial charge on any atom is 0.322 e. The Morgan fingerprint density at radius 2 is 1.96 bits per heavy atom. The van der Waals surface area contributed by atoms with Gasteiger partial charge in [-0.15, -0.1) is 0 Å². The number of carboxylic acid groups (broad SMARTS) is 2. The second kappa shape index (κ2) is 9.90. The van der Waals surface area contributed by atoms with E-state index in [4.69, 9.17) is 15.0 Å². The molecule has 0 fully saturated rings. The van der Waals surface area contributed by atoms with Crippen molar-refractivity contribution in [1.29, 1.82) is 0 Å². The highest BCUT2D eigenvalue weighted by Gasteiger charge is 2.19. The topological polar surface area (TPSA) is 155 Å². The molecule has 10 nitrogen and oxygen atoms in total. The second-order valence-corrected chi connectivity index (χ2v) is 6.02. The van der Waals surface area contributed by atoms with Gasteiger partial charge in [0.05, 0.1) is 6.20 Å². The molecule has 0 aliphatic heterocycles. The van der Waals surface area contributed by atoms with E-state index < -0.39 is 18.4 Å². The number of hydrogen-bond acceptors (Lipinski definition) is 6. The first-order valence-corrected chi connectivity index (χ1v) is 8.00. The van der Waals surface area contributed by atoms with Crippen molar-refractivity contribution in [1.82, 2.24) is 20.1 Å². The van der Waals surface area contributed by atoms with Crippen molar-refractivity contribution in [3.8, 4) is 16.9 Å².